The fourth-order valence-electron chi connectivity index (χ4n) is 1.92. The molecule has 1 aliphatic heterocycles. The van der Waals surface area contributed by atoms with Gasteiger partial charge in [0.15, 0.2) is 9.84 Å². The van der Waals surface area contributed by atoms with Gasteiger partial charge in [-0.1, -0.05) is 17.7 Å². The van der Waals surface area contributed by atoms with Gasteiger partial charge in [0.25, 0.3) is 0 Å². The Morgan fingerprint density at radius 2 is 2.24 bits per heavy atom. The van der Waals surface area contributed by atoms with Crippen LogP contribution in [0.5, 0.6) is 5.75 Å². The molecule has 0 spiro atoms. The molecule has 1 aromatic carbocycles. The van der Waals surface area contributed by atoms with Gasteiger partial charge in [-0.05, 0) is 18.6 Å². The molecule has 2 N–H and O–H groups in total. The molecule has 1 atom stereocenters. The number of sulfone groups is 1. The highest BCUT2D eigenvalue weighted by Gasteiger charge is 2.27. The Bertz CT molecular complexity index is 495. The number of hydrogen-bond donors (Lipinski definition) is 2. The van der Waals surface area contributed by atoms with E-state index in [1.165, 1.54) is 0 Å². The topological polar surface area (TPSA) is 66.4 Å². The molecule has 1 fully saturated rings. The van der Waals surface area contributed by atoms with Crippen molar-refractivity contribution in [3.8, 4) is 5.75 Å². The maximum absolute atomic E-state index is 11.3. The van der Waals surface area contributed by atoms with Crippen molar-refractivity contribution in [2.75, 3.05) is 11.5 Å². The molecule has 0 saturated carbocycles. The second-order valence-electron chi connectivity index (χ2n) is 4.22. The molecule has 1 heterocycles. The average Bonchev–Trinajstić information content (AvgIpc) is 2.57. The molecule has 2 rings (SSSR count). The quantitative estimate of drug-likeness (QED) is 0.873. The molecule has 0 radical (unpaired) electrons. The number of phenols is 1. The Kier molecular flexibility index (Phi) is 3.61. The smallest absolute Gasteiger partial charge is 0.151 e. The highest BCUT2D eigenvalue weighted by molar-refractivity contribution is 7.91. The molecule has 1 saturated heterocycles. The van der Waals surface area contributed by atoms with E-state index in [0.717, 1.165) is 0 Å². The predicted molar refractivity (Wildman–Crippen MR) is 67.0 cm³/mol. The third kappa shape index (κ3) is 3.12. The Morgan fingerprint density at radius 3 is 2.82 bits per heavy atom. The molecule has 6 heteroatoms. The first-order valence-electron chi connectivity index (χ1n) is 5.38. The number of aromatic hydroxyl groups is 1. The van der Waals surface area contributed by atoms with Gasteiger partial charge in [-0.3, -0.25) is 0 Å². The lowest BCUT2D eigenvalue weighted by Gasteiger charge is -2.12. The van der Waals surface area contributed by atoms with Crippen LogP contribution in [-0.4, -0.2) is 31.1 Å². The average molecular weight is 276 g/mol. The van der Waals surface area contributed by atoms with E-state index in [1.807, 2.05) is 0 Å². The van der Waals surface area contributed by atoms with E-state index in [9.17, 15) is 13.5 Å². The van der Waals surface area contributed by atoms with Crippen LogP contribution in [0.2, 0.25) is 5.02 Å². The van der Waals surface area contributed by atoms with Crippen LogP contribution in [0, 0.1) is 0 Å². The summed E-state index contributed by atoms with van der Waals surface area (Å²) in [5, 5.41) is 13.2. The van der Waals surface area contributed by atoms with Crippen molar-refractivity contribution in [3.05, 3.63) is 28.8 Å². The van der Waals surface area contributed by atoms with Gasteiger partial charge in [0.05, 0.1) is 11.5 Å². The van der Waals surface area contributed by atoms with Crippen molar-refractivity contribution in [1.29, 1.82) is 0 Å². The number of phenolic OH excluding ortho intramolecular Hbond substituents is 1. The third-order valence-corrected chi connectivity index (χ3v) is 5.02. The predicted octanol–water partition coefficient (Wildman–Crippen LogP) is 1.32. The largest absolute Gasteiger partial charge is 0.508 e. The zero-order valence-electron chi connectivity index (χ0n) is 9.19. The van der Waals surface area contributed by atoms with Gasteiger partial charge in [0.1, 0.15) is 5.75 Å². The number of rotatable bonds is 3. The second kappa shape index (κ2) is 4.84. The summed E-state index contributed by atoms with van der Waals surface area (Å²) < 4.78 is 22.5. The Hall–Kier alpha value is -0.780. The molecule has 0 amide bonds. The molecule has 0 aromatic heterocycles. The summed E-state index contributed by atoms with van der Waals surface area (Å²) in [6.45, 7) is 0.381. The Labute approximate surface area is 106 Å². The molecule has 17 heavy (non-hydrogen) atoms. The minimum Gasteiger partial charge on any atom is -0.508 e. The lowest BCUT2D eigenvalue weighted by atomic mass is 10.2. The Morgan fingerprint density at radius 1 is 1.47 bits per heavy atom. The van der Waals surface area contributed by atoms with E-state index in [2.05, 4.69) is 5.32 Å². The summed E-state index contributed by atoms with van der Waals surface area (Å²) in [7, 11) is -2.88. The van der Waals surface area contributed by atoms with Crippen LogP contribution in [-0.2, 0) is 16.4 Å². The first-order chi connectivity index (χ1) is 7.98. The Balaban J connectivity index is 1.99. The molecule has 1 aliphatic rings. The van der Waals surface area contributed by atoms with E-state index >= 15 is 0 Å². The molecule has 4 nitrogen and oxygen atoms in total. The summed E-state index contributed by atoms with van der Waals surface area (Å²) in [6, 6.07) is 4.88. The van der Waals surface area contributed by atoms with Crippen LogP contribution < -0.4 is 5.32 Å². The maximum atomic E-state index is 11.3. The van der Waals surface area contributed by atoms with Gasteiger partial charge in [0, 0.05) is 23.2 Å². The van der Waals surface area contributed by atoms with E-state index in [4.69, 9.17) is 11.6 Å². The normalized spacial score (nSPS) is 22.8. The SMILES string of the molecule is O=S1(=O)CCC(NCc2c(O)cccc2Cl)C1. The second-order valence-corrected chi connectivity index (χ2v) is 6.85. The van der Waals surface area contributed by atoms with Gasteiger partial charge < -0.3 is 10.4 Å². The van der Waals surface area contributed by atoms with Gasteiger partial charge in [0.2, 0.25) is 0 Å². The minimum atomic E-state index is -2.88. The van der Waals surface area contributed by atoms with E-state index in [0.29, 0.717) is 23.6 Å². The van der Waals surface area contributed by atoms with Crippen molar-refractivity contribution >= 4 is 21.4 Å². The maximum Gasteiger partial charge on any atom is 0.151 e. The lowest BCUT2D eigenvalue weighted by molar-refractivity contribution is 0.459. The molecule has 94 valence electrons. The van der Waals surface area contributed by atoms with Crippen LogP contribution in [0.3, 0.4) is 0 Å². The van der Waals surface area contributed by atoms with Crippen molar-refractivity contribution in [1.82, 2.24) is 5.32 Å². The van der Waals surface area contributed by atoms with Crippen molar-refractivity contribution in [2.45, 2.75) is 19.0 Å². The van der Waals surface area contributed by atoms with Crippen molar-refractivity contribution in [2.24, 2.45) is 0 Å². The molecular weight excluding hydrogens is 262 g/mol. The monoisotopic (exact) mass is 275 g/mol. The molecule has 0 bridgehead atoms. The van der Waals surface area contributed by atoms with Crippen LogP contribution in [0.4, 0.5) is 0 Å². The fourth-order valence-corrected chi connectivity index (χ4v) is 3.87. The first kappa shape index (κ1) is 12.7. The minimum absolute atomic E-state index is 0.0457. The van der Waals surface area contributed by atoms with Crippen LogP contribution >= 0.6 is 11.6 Å². The lowest BCUT2D eigenvalue weighted by Crippen LogP contribution is -2.29. The van der Waals surface area contributed by atoms with Gasteiger partial charge in [-0.15, -0.1) is 0 Å². The molecule has 0 aliphatic carbocycles. The number of benzene rings is 1. The molecule has 1 unspecified atom stereocenters. The fraction of sp³-hybridized carbons (Fsp3) is 0.455. The summed E-state index contributed by atoms with van der Waals surface area (Å²) in [5.41, 5.74) is 0.610. The first-order valence-corrected chi connectivity index (χ1v) is 7.58. The summed E-state index contributed by atoms with van der Waals surface area (Å²) in [6.07, 6.45) is 0.619. The van der Waals surface area contributed by atoms with Crippen LogP contribution in [0.25, 0.3) is 0 Å². The molecule has 1 aromatic rings. The highest BCUT2D eigenvalue weighted by atomic mass is 35.5. The summed E-state index contributed by atoms with van der Waals surface area (Å²) in [4.78, 5) is 0. The van der Waals surface area contributed by atoms with Gasteiger partial charge in [-0.25, -0.2) is 8.42 Å². The zero-order chi connectivity index (χ0) is 12.5. The van der Waals surface area contributed by atoms with Crippen molar-refractivity contribution < 1.29 is 13.5 Å². The van der Waals surface area contributed by atoms with E-state index in [-0.39, 0.29) is 23.3 Å². The standard InChI is InChI=1S/C11H14ClNO3S/c12-10-2-1-3-11(14)9(10)6-13-8-4-5-17(15,16)7-8/h1-3,8,13-14H,4-7H2. The molecular formula is C11H14ClNO3S. The van der Waals surface area contributed by atoms with Gasteiger partial charge >= 0.3 is 0 Å². The van der Waals surface area contributed by atoms with Crippen molar-refractivity contribution in [3.63, 3.8) is 0 Å². The van der Waals surface area contributed by atoms with E-state index < -0.39 is 9.84 Å². The van der Waals surface area contributed by atoms with E-state index in [1.54, 1.807) is 18.2 Å². The zero-order valence-corrected chi connectivity index (χ0v) is 10.8. The van der Waals surface area contributed by atoms with Crippen LogP contribution in [0.15, 0.2) is 18.2 Å². The van der Waals surface area contributed by atoms with Gasteiger partial charge in [-0.2, -0.15) is 0 Å². The number of halogens is 1. The highest BCUT2D eigenvalue weighted by Crippen LogP contribution is 2.25. The number of hydrogen-bond acceptors (Lipinski definition) is 4. The van der Waals surface area contributed by atoms with Crippen LogP contribution in [0.1, 0.15) is 12.0 Å². The summed E-state index contributed by atoms with van der Waals surface area (Å²) >= 11 is 5.95. The number of nitrogens with one attached hydrogen (secondary N) is 1. The summed E-state index contributed by atoms with van der Waals surface area (Å²) in [5.74, 6) is 0.531. The third-order valence-electron chi connectivity index (χ3n) is 2.89.